The molecule has 0 spiro atoms. The number of amides is 1. The van der Waals surface area contributed by atoms with Gasteiger partial charge in [-0.1, -0.05) is 6.07 Å². The minimum Gasteiger partial charge on any atom is -0.495 e. The second kappa shape index (κ2) is 5.70. The largest absolute Gasteiger partial charge is 0.495 e. The smallest absolute Gasteiger partial charge is 0.241 e. The van der Waals surface area contributed by atoms with E-state index in [9.17, 15) is 13.2 Å². The summed E-state index contributed by atoms with van der Waals surface area (Å²) < 4.78 is 26.7. The first-order chi connectivity index (χ1) is 9.09. The fourth-order valence-electron chi connectivity index (χ4n) is 1.46. The van der Waals surface area contributed by atoms with E-state index in [1.165, 1.54) is 21.0 Å². The first-order valence-electron chi connectivity index (χ1n) is 6.00. The van der Waals surface area contributed by atoms with Gasteiger partial charge in [-0.2, -0.15) is 0 Å². The van der Waals surface area contributed by atoms with Crippen LogP contribution >= 0.6 is 0 Å². The molecule has 0 bridgehead atoms. The van der Waals surface area contributed by atoms with Crippen molar-refractivity contribution in [2.24, 2.45) is 0 Å². The molecular weight excluding hydrogens is 280 g/mol. The lowest BCUT2D eigenvalue weighted by atomic mass is 10.1. The standard InChI is InChI=1S/C13H20N2O4S/c1-13(2,20(4,17)18)12(16)15-8-9-5-6-11(19-3)10(14)7-9/h5-7H,8,14H2,1-4H3,(H,15,16). The van der Waals surface area contributed by atoms with Crippen molar-refractivity contribution in [2.45, 2.75) is 25.1 Å². The van der Waals surface area contributed by atoms with E-state index in [1.807, 2.05) is 0 Å². The summed E-state index contributed by atoms with van der Waals surface area (Å²) in [7, 11) is -1.97. The van der Waals surface area contributed by atoms with Crippen molar-refractivity contribution in [3.63, 3.8) is 0 Å². The van der Waals surface area contributed by atoms with E-state index >= 15 is 0 Å². The molecule has 0 aliphatic carbocycles. The lowest BCUT2D eigenvalue weighted by Gasteiger charge is -2.21. The molecule has 20 heavy (non-hydrogen) atoms. The molecule has 0 saturated carbocycles. The highest BCUT2D eigenvalue weighted by atomic mass is 32.2. The Morgan fingerprint density at radius 1 is 1.40 bits per heavy atom. The van der Waals surface area contributed by atoms with Gasteiger partial charge in [-0.3, -0.25) is 4.79 Å². The summed E-state index contributed by atoms with van der Waals surface area (Å²) in [6.45, 7) is 2.95. The topological polar surface area (TPSA) is 98.5 Å². The normalized spacial score (nSPS) is 12.0. The predicted octanol–water partition coefficient (Wildman–Crippen LogP) is 0.717. The quantitative estimate of drug-likeness (QED) is 0.781. The van der Waals surface area contributed by atoms with E-state index in [4.69, 9.17) is 10.5 Å². The summed E-state index contributed by atoms with van der Waals surface area (Å²) in [4.78, 5) is 11.9. The summed E-state index contributed by atoms with van der Waals surface area (Å²) in [5, 5.41) is 2.60. The van der Waals surface area contributed by atoms with Crippen molar-refractivity contribution in [3.8, 4) is 5.75 Å². The molecule has 1 rings (SSSR count). The van der Waals surface area contributed by atoms with Crippen LogP contribution in [0.5, 0.6) is 5.75 Å². The average Bonchev–Trinajstić information content (AvgIpc) is 2.34. The Balaban J connectivity index is 2.78. The maximum absolute atomic E-state index is 11.9. The number of anilines is 1. The molecule has 112 valence electrons. The Kier molecular flexibility index (Phi) is 4.65. The molecule has 0 aliphatic heterocycles. The second-order valence-corrected chi connectivity index (χ2v) is 7.61. The lowest BCUT2D eigenvalue weighted by molar-refractivity contribution is -0.123. The fourth-order valence-corrected chi connectivity index (χ4v) is 1.87. The molecule has 7 heteroatoms. The number of benzene rings is 1. The number of nitrogens with two attached hydrogens (primary N) is 1. The van der Waals surface area contributed by atoms with Gasteiger partial charge in [0.15, 0.2) is 9.84 Å². The number of rotatable bonds is 5. The molecule has 1 aromatic rings. The fraction of sp³-hybridized carbons (Fsp3) is 0.462. The third-order valence-corrected chi connectivity index (χ3v) is 5.26. The molecule has 3 N–H and O–H groups in total. The first-order valence-corrected chi connectivity index (χ1v) is 7.89. The summed E-state index contributed by atoms with van der Waals surface area (Å²) in [5.74, 6) is 0.00549. The Bertz CT molecular complexity index is 609. The van der Waals surface area contributed by atoms with Crippen molar-refractivity contribution < 1.29 is 17.9 Å². The molecule has 0 atom stereocenters. The highest BCUT2D eigenvalue weighted by Crippen LogP contribution is 2.22. The van der Waals surface area contributed by atoms with Crippen LogP contribution in [0.3, 0.4) is 0 Å². The number of ether oxygens (including phenoxy) is 1. The second-order valence-electron chi connectivity index (χ2n) is 5.04. The molecule has 1 aromatic carbocycles. The van der Waals surface area contributed by atoms with Crippen LogP contribution in [-0.4, -0.2) is 32.4 Å². The molecule has 0 heterocycles. The monoisotopic (exact) mass is 300 g/mol. The van der Waals surface area contributed by atoms with Crippen molar-refractivity contribution in [1.82, 2.24) is 5.32 Å². The molecule has 1 amide bonds. The molecular formula is C13H20N2O4S. The number of hydrogen-bond donors (Lipinski definition) is 2. The van der Waals surface area contributed by atoms with Crippen LogP contribution in [0.15, 0.2) is 18.2 Å². The molecule has 0 unspecified atom stereocenters. The van der Waals surface area contributed by atoms with Crippen LogP contribution in [-0.2, 0) is 21.2 Å². The number of methoxy groups -OCH3 is 1. The van der Waals surface area contributed by atoms with Crippen molar-refractivity contribution in [3.05, 3.63) is 23.8 Å². The van der Waals surface area contributed by atoms with Crippen LogP contribution in [0.1, 0.15) is 19.4 Å². The van der Waals surface area contributed by atoms with Crippen LogP contribution < -0.4 is 15.8 Å². The Morgan fingerprint density at radius 3 is 2.45 bits per heavy atom. The van der Waals surface area contributed by atoms with Gasteiger partial charge in [0.05, 0.1) is 12.8 Å². The van der Waals surface area contributed by atoms with Crippen LogP contribution in [0.2, 0.25) is 0 Å². The maximum atomic E-state index is 11.9. The number of nitrogen functional groups attached to an aromatic ring is 1. The van der Waals surface area contributed by atoms with Crippen molar-refractivity contribution in [2.75, 3.05) is 19.1 Å². The van der Waals surface area contributed by atoms with Gasteiger partial charge < -0.3 is 15.8 Å². The number of sulfone groups is 1. The molecule has 0 fully saturated rings. The Morgan fingerprint density at radius 2 is 2.00 bits per heavy atom. The van der Waals surface area contributed by atoms with E-state index in [0.29, 0.717) is 11.4 Å². The summed E-state index contributed by atoms with van der Waals surface area (Å²) in [6.07, 6.45) is 1.04. The summed E-state index contributed by atoms with van der Waals surface area (Å²) in [5.41, 5.74) is 6.98. The molecule has 0 aliphatic rings. The molecule has 0 aromatic heterocycles. The van der Waals surface area contributed by atoms with E-state index in [2.05, 4.69) is 5.32 Å². The first kappa shape index (κ1) is 16.3. The lowest BCUT2D eigenvalue weighted by Crippen LogP contribution is -2.47. The zero-order chi connectivity index (χ0) is 15.6. The van der Waals surface area contributed by atoms with Gasteiger partial charge in [0, 0.05) is 12.8 Å². The van der Waals surface area contributed by atoms with Crippen LogP contribution in [0, 0.1) is 0 Å². The zero-order valence-corrected chi connectivity index (χ0v) is 12.9. The van der Waals surface area contributed by atoms with Crippen molar-refractivity contribution in [1.29, 1.82) is 0 Å². The van der Waals surface area contributed by atoms with E-state index < -0.39 is 20.5 Å². The van der Waals surface area contributed by atoms with Crippen LogP contribution in [0.4, 0.5) is 5.69 Å². The highest BCUT2D eigenvalue weighted by Gasteiger charge is 2.38. The van der Waals surface area contributed by atoms with E-state index in [-0.39, 0.29) is 6.54 Å². The third kappa shape index (κ3) is 3.41. The van der Waals surface area contributed by atoms with E-state index in [0.717, 1.165) is 11.8 Å². The number of hydrogen-bond acceptors (Lipinski definition) is 5. The van der Waals surface area contributed by atoms with Crippen molar-refractivity contribution >= 4 is 21.4 Å². The molecule has 0 saturated heterocycles. The number of carbonyl (C=O) groups is 1. The minimum absolute atomic E-state index is 0.200. The Hall–Kier alpha value is -1.76. The molecule has 6 nitrogen and oxygen atoms in total. The number of carbonyl (C=O) groups excluding carboxylic acids is 1. The van der Waals surface area contributed by atoms with Gasteiger partial charge in [0.2, 0.25) is 5.91 Å². The van der Waals surface area contributed by atoms with Gasteiger partial charge in [-0.15, -0.1) is 0 Å². The summed E-state index contributed by atoms with van der Waals surface area (Å²) >= 11 is 0. The maximum Gasteiger partial charge on any atom is 0.241 e. The van der Waals surface area contributed by atoms with Gasteiger partial charge in [-0.25, -0.2) is 8.42 Å². The SMILES string of the molecule is COc1ccc(CNC(=O)C(C)(C)S(C)(=O)=O)cc1N. The van der Waals surface area contributed by atoms with E-state index in [1.54, 1.807) is 18.2 Å². The Labute approximate surface area is 119 Å². The zero-order valence-electron chi connectivity index (χ0n) is 12.1. The predicted molar refractivity (Wildman–Crippen MR) is 78.2 cm³/mol. The highest BCUT2D eigenvalue weighted by molar-refractivity contribution is 7.92. The van der Waals surface area contributed by atoms with Gasteiger partial charge >= 0.3 is 0 Å². The van der Waals surface area contributed by atoms with Crippen LogP contribution in [0.25, 0.3) is 0 Å². The summed E-state index contributed by atoms with van der Waals surface area (Å²) in [6, 6.07) is 5.12. The van der Waals surface area contributed by atoms with Gasteiger partial charge in [-0.05, 0) is 31.5 Å². The third-order valence-electron chi connectivity index (χ3n) is 3.22. The van der Waals surface area contributed by atoms with Gasteiger partial charge in [0.1, 0.15) is 10.5 Å². The average molecular weight is 300 g/mol. The van der Waals surface area contributed by atoms with Gasteiger partial charge in [0.25, 0.3) is 0 Å². The number of nitrogens with one attached hydrogen (secondary N) is 1. The molecule has 0 radical (unpaired) electrons. The minimum atomic E-state index is -3.48.